The van der Waals surface area contributed by atoms with E-state index in [9.17, 15) is 9.90 Å². The molecule has 5 heteroatoms. The molecule has 2 N–H and O–H groups in total. The highest BCUT2D eigenvalue weighted by Gasteiger charge is 2.34. The van der Waals surface area contributed by atoms with Crippen LogP contribution in [0.25, 0.3) is 0 Å². The minimum atomic E-state index is -0.403. The van der Waals surface area contributed by atoms with E-state index < -0.39 is 6.10 Å². The number of aliphatic hydroxyl groups is 1. The Labute approximate surface area is 178 Å². The second-order valence-electron chi connectivity index (χ2n) is 7.97. The maximum atomic E-state index is 12.2. The molecule has 1 amide bonds. The first-order valence-electron chi connectivity index (χ1n) is 10.9. The molecule has 158 valence electrons. The molecule has 0 aliphatic carbocycles. The number of nitrogens with one attached hydrogen (secondary N) is 1. The fourth-order valence-corrected chi connectivity index (χ4v) is 4.71. The standard InChI is InChI=1S/C24H33NO3S/c1-2-3-4-10-23(26)18-11-13-20(14-12-18)28-17-19-16-25-24(27)22(19)9-5-7-21-8-6-15-29-21/h6,8,11-15,19,22-23,26H,2-5,7,9-10,16-17H2,1H3,(H,25,27)/t19-,22-,23?/m1/s1. The fraction of sp³-hybridized carbons (Fsp3) is 0.542. The number of rotatable bonds is 12. The molecule has 2 heterocycles. The topological polar surface area (TPSA) is 58.6 Å². The quantitative estimate of drug-likeness (QED) is 0.473. The minimum Gasteiger partial charge on any atom is -0.493 e. The number of hydrogen-bond donors (Lipinski definition) is 2. The lowest BCUT2D eigenvalue weighted by molar-refractivity contribution is -0.123. The lowest BCUT2D eigenvalue weighted by atomic mass is 9.91. The van der Waals surface area contributed by atoms with Crippen molar-refractivity contribution >= 4 is 17.2 Å². The van der Waals surface area contributed by atoms with E-state index in [1.165, 1.54) is 4.88 Å². The molecular weight excluding hydrogens is 382 g/mol. The molecule has 1 aliphatic heterocycles. The Hall–Kier alpha value is -1.85. The third-order valence-corrected chi connectivity index (χ3v) is 6.71. The van der Waals surface area contributed by atoms with E-state index in [2.05, 4.69) is 29.8 Å². The number of benzene rings is 1. The predicted octanol–water partition coefficient (Wildman–Crippen LogP) is 5.13. The first-order chi connectivity index (χ1) is 14.2. The van der Waals surface area contributed by atoms with Crippen molar-refractivity contribution < 1.29 is 14.6 Å². The maximum absolute atomic E-state index is 12.2. The average molecular weight is 416 g/mol. The number of unbranched alkanes of at least 4 members (excludes halogenated alkanes) is 2. The smallest absolute Gasteiger partial charge is 0.223 e. The molecule has 3 rings (SSSR count). The number of carbonyl (C=O) groups is 1. The Morgan fingerprint density at radius 3 is 2.76 bits per heavy atom. The zero-order valence-corrected chi connectivity index (χ0v) is 18.1. The Kier molecular flexibility index (Phi) is 8.56. The van der Waals surface area contributed by atoms with Gasteiger partial charge in [-0.1, -0.05) is 44.4 Å². The van der Waals surface area contributed by atoms with Gasteiger partial charge in [0.25, 0.3) is 0 Å². The van der Waals surface area contributed by atoms with Crippen LogP contribution in [-0.4, -0.2) is 24.2 Å². The van der Waals surface area contributed by atoms with Gasteiger partial charge in [0.1, 0.15) is 5.75 Å². The van der Waals surface area contributed by atoms with Crippen LogP contribution in [0.5, 0.6) is 5.75 Å². The molecule has 3 atom stereocenters. The fourth-order valence-electron chi connectivity index (χ4n) is 3.96. The van der Waals surface area contributed by atoms with Gasteiger partial charge in [-0.15, -0.1) is 11.3 Å². The van der Waals surface area contributed by atoms with Gasteiger partial charge in [0, 0.05) is 23.3 Å². The van der Waals surface area contributed by atoms with E-state index in [4.69, 9.17) is 4.74 Å². The summed E-state index contributed by atoms with van der Waals surface area (Å²) in [6, 6.07) is 12.0. The molecule has 0 bridgehead atoms. The van der Waals surface area contributed by atoms with Crippen LogP contribution in [0.2, 0.25) is 0 Å². The largest absolute Gasteiger partial charge is 0.493 e. The van der Waals surface area contributed by atoms with Gasteiger partial charge in [-0.25, -0.2) is 0 Å². The Bertz CT molecular complexity index is 729. The van der Waals surface area contributed by atoms with Gasteiger partial charge in [-0.3, -0.25) is 4.79 Å². The summed E-state index contributed by atoms with van der Waals surface area (Å²) in [7, 11) is 0. The van der Waals surface area contributed by atoms with Crippen molar-refractivity contribution in [2.45, 2.75) is 58.0 Å². The average Bonchev–Trinajstić information content (AvgIpc) is 3.37. The second-order valence-corrected chi connectivity index (χ2v) is 9.01. The van der Waals surface area contributed by atoms with Gasteiger partial charge >= 0.3 is 0 Å². The third-order valence-electron chi connectivity index (χ3n) is 5.77. The lowest BCUT2D eigenvalue weighted by Gasteiger charge is -2.18. The minimum absolute atomic E-state index is 0.0367. The summed E-state index contributed by atoms with van der Waals surface area (Å²) in [6.45, 7) is 3.40. The summed E-state index contributed by atoms with van der Waals surface area (Å²) in [4.78, 5) is 13.6. The highest BCUT2D eigenvalue weighted by atomic mass is 32.1. The number of amides is 1. The third kappa shape index (κ3) is 6.58. The first kappa shape index (κ1) is 21.8. The van der Waals surface area contributed by atoms with Gasteiger partial charge in [0.05, 0.1) is 12.7 Å². The molecule has 1 aromatic heterocycles. The summed E-state index contributed by atoms with van der Waals surface area (Å²) < 4.78 is 5.98. The molecule has 29 heavy (non-hydrogen) atoms. The van der Waals surface area contributed by atoms with E-state index in [1.54, 1.807) is 11.3 Å². The van der Waals surface area contributed by atoms with Crippen LogP contribution in [0.15, 0.2) is 41.8 Å². The Morgan fingerprint density at radius 2 is 2.03 bits per heavy atom. The van der Waals surface area contributed by atoms with Gasteiger partial charge in [0.15, 0.2) is 0 Å². The molecule has 4 nitrogen and oxygen atoms in total. The second kappa shape index (κ2) is 11.4. The number of ether oxygens (including phenoxy) is 1. The van der Waals surface area contributed by atoms with Crippen LogP contribution in [0, 0.1) is 11.8 Å². The van der Waals surface area contributed by atoms with Crippen molar-refractivity contribution in [1.29, 1.82) is 0 Å². The first-order valence-corrected chi connectivity index (χ1v) is 11.8. The van der Waals surface area contributed by atoms with Crippen LogP contribution in [0.4, 0.5) is 0 Å². The number of hydrogen-bond acceptors (Lipinski definition) is 4. The lowest BCUT2D eigenvalue weighted by Crippen LogP contribution is -2.22. The molecule has 0 spiro atoms. The van der Waals surface area contributed by atoms with Crippen LogP contribution >= 0.6 is 11.3 Å². The number of aliphatic hydroxyl groups excluding tert-OH is 1. The molecule has 1 unspecified atom stereocenters. The van der Waals surface area contributed by atoms with Gasteiger partial charge in [-0.05, 0) is 54.8 Å². The molecule has 1 aliphatic rings. The molecule has 0 radical (unpaired) electrons. The number of aryl methyl sites for hydroxylation is 1. The van der Waals surface area contributed by atoms with Crippen molar-refractivity contribution in [2.24, 2.45) is 11.8 Å². The van der Waals surface area contributed by atoms with Crippen LogP contribution in [0.3, 0.4) is 0 Å². The van der Waals surface area contributed by atoms with E-state index in [1.807, 2.05) is 24.3 Å². The van der Waals surface area contributed by atoms with Gasteiger partial charge in [0.2, 0.25) is 5.91 Å². The van der Waals surface area contributed by atoms with E-state index >= 15 is 0 Å². The van der Waals surface area contributed by atoms with Crippen molar-refractivity contribution in [3.05, 3.63) is 52.2 Å². The summed E-state index contributed by atoms with van der Waals surface area (Å²) >= 11 is 1.78. The van der Waals surface area contributed by atoms with Gasteiger partial charge in [-0.2, -0.15) is 0 Å². The molecule has 1 aromatic carbocycles. The molecule has 2 aromatic rings. The summed E-state index contributed by atoms with van der Waals surface area (Å²) in [5.41, 5.74) is 0.942. The summed E-state index contributed by atoms with van der Waals surface area (Å²) in [6.07, 6.45) is 6.73. The van der Waals surface area contributed by atoms with Crippen molar-refractivity contribution in [3.63, 3.8) is 0 Å². The van der Waals surface area contributed by atoms with Crippen molar-refractivity contribution in [2.75, 3.05) is 13.2 Å². The molecule has 1 fully saturated rings. The summed E-state index contributed by atoms with van der Waals surface area (Å²) in [5.74, 6) is 1.21. The highest BCUT2D eigenvalue weighted by molar-refractivity contribution is 7.09. The highest BCUT2D eigenvalue weighted by Crippen LogP contribution is 2.27. The number of carbonyl (C=O) groups excluding carboxylic acids is 1. The van der Waals surface area contributed by atoms with Crippen LogP contribution in [0.1, 0.15) is 62.0 Å². The monoisotopic (exact) mass is 415 g/mol. The van der Waals surface area contributed by atoms with Crippen LogP contribution in [-0.2, 0) is 11.2 Å². The van der Waals surface area contributed by atoms with Crippen LogP contribution < -0.4 is 10.1 Å². The van der Waals surface area contributed by atoms with Crippen molar-refractivity contribution in [3.8, 4) is 5.75 Å². The molecule has 1 saturated heterocycles. The van der Waals surface area contributed by atoms with Gasteiger partial charge < -0.3 is 15.2 Å². The zero-order valence-electron chi connectivity index (χ0n) is 17.3. The van der Waals surface area contributed by atoms with E-state index in [-0.39, 0.29) is 17.7 Å². The van der Waals surface area contributed by atoms with Crippen molar-refractivity contribution in [1.82, 2.24) is 5.32 Å². The maximum Gasteiger partial charge on any atom is 0.223 e. The Balaban J connectivity index is 1.44. The summed E-state index contributed by atoms with van der Waals surface area (Å²) in [5, 5.41) is 15.4. The Morgan fingerprint density at radius 1 is 1.21 bits per heavy atom. The number of thiophene rings is 1. The normalized spacial score (nSPS) is 19.9. The SMILES string of the molecule is CCCCCC(O)c1ccc(OC[C@H]2CNC(=O)[C@@H]2CCCc2cccs2)cc1. The molecule has 0 saturated carbocycles. The molecular formula is C24H33NO3S. The predicted molar refractivity (Wildman–Crippen MR) is 118 cm³/mol. The zero-order chi connectivity index (χ0) is 20.5. The van der Waals surface area contributed by atoms with E-state index in [0.717, 1.165) is 56.3 Å². The van der Waals surface area contributed by atoms with E-state index in [0.29, 0.717) is 13.2 Å².